The fourth-order valence-electron chi connectivity index (χ4n) is 1.77. The van der Waals surface area contributed by atoms with Crippen molar-refractivity contribution in [3.63, 3.8) is 0 Å². The lowest BCUT2D eigenvalue weighted by molar-refractivity contribution is 0.350. The van der Waals surface area contributed by atoms with E-state index in [4.69, 9.17) is 5.26 Å². The molecule has 0 aromatic heterocycles. The summed E-state index contributed by atoms with van der Waals surface area (Å²) in [5.74, 6) is 6.65. The largest absolute Gasteiger partial charge is 0.198 e. The fourth-order valence-corrected chi connectivity index (χ4v) is 1.77. The smallest absolute Gasteiger partial charge is 0.0637 e. The number of nitrogens with zero attached hydrogens (tertiary/aromatic N) is 1. The maximum Gasteiger partial charge on any atom is 0.0637 e. The van der Waals surface area contributed by atoms with E-state index in [1.54, 1.807) is 0 Å². The standard InChI is InChI=1S/C15H25N/c1-4-7-9-10-12-15(6-3,13-14-16)11-8-5-2/h4-9,11,13H2,1-3H3. The average molecular weight is 219 g/mol. The van der Waals surface area contributed by atoms with Gasteiger partial charge >= 0.3 is 0 Å². The van der Waals surface area contributed by atoms with Gasteiger partial charge in [0.2, 0.25) is 0 Å². The highest BCUT2D eigenvalue weighted by atomic mass is 14.3. The normalized spacial score (nSPS) is 13.4. The molecule has 90 valence electrons. The lowest BCUT2D eigenvalue weighted by Crippen LogP contribution is -2.16. The van der Waals surface area contributed by atoms with Gasteiger partial charge in [-0.3, -0.25) is 0 Å². The van der Waals surface area contributed by atoms with Gasteiger partial charge in [0.05, 0.1) is 12.5 Å². The third-order valence-corrected chi connectivity index (χ3v) is 3.11. The van der Waals surface area contributed by atoms with Gasteiger partial charge in [0.1, 0.15) is 0 Å². The van der Waals surface area contributed by atoms with Crippen LogP contribution in [0, 0.1) is 28.6 Å². The minimum Gasteiger partial charge on any atom is -0.198 e. The van der Waals surface area contributed by atoms with Crippen molar-refractivity contribution >= 4 is 0 Å². The van der Waals surface area contributed by atoms with E-state index in [2.05, 4.69) is 38.7 Å². The Morgan fingerprint density at radius 1 is 1.06 bits per heavy atom. The van der Waals surface area contributed by atoms with Crippen LogP contribution >= 0.6 is 0 Å². The van der Waals surface area contributed by atoms with E-state index >= 15 is 0 Å². The minimum absolute atomic E-state index is 0.0293. The molecule has 0 aromatic carbocycles. The van der Waals surface area contributed by atoms with Crippen LogP contribution in [0.3, 0.4) is 0 Å². The van der Waals surface area contributed by atoms with Crippen LogP contribution in [0.4, 0.5) is 0 Å². The monoisotopic (exact) mass is 219 g/mol. The summed E-state index contributed by atoms with van der Waals surface area (Å²) in [6.07, 6.45) is 8.38. The molecule has 1 heteroatoms. The maximum absolute atomic E-state index is 8.92. The summed E-state index contributed by atoms with van der Waals surface area (Å²) in [5, 5.41) is 8.92. The van der Waals surface area contributed by atoms with Crippen LogP contribution in [-0.4, -0.2) is 0 Å². The Hall–Kier alpha value is -0.950. The molecular formula is C15H25N. The van der Waals surface area contributed by atoms with Gasteiger partial charge in [-0.05, 0) is 19.3 Å². The highest BCUT2D eigenvalue weighted by molar-refractivity contribution is 5.14. The molecule has 0 spiro atoms. The summed E-state index contributed by atoms with van der Waals surface area (Å²) in [7, 11) is 0. The van der Waals surface area contributed by atoms with Crippen LogP contribution in [0.2, 0.25) is 0 Å². The SMILES string of the molecule is CCCCC#CC(CC)(CC#N)CCCC. The third kappa shape index (κ3) is 5.82. The van der Waals surface area contributed by atoms with Crippen molar-refractivity contribution in [1.29, 1.82) is 5.26 Å². The molecule has 0 heterocycles. The Morgan fingerprint density at radius 2 is 1.75 bits per heavy atom. The van der Waals surface area contributed by atoms with Crippen LogP contribution in [0.5, 0.6) is 0 Å². The summed E-state index contributed by atoms with van der Waals surface area (Å²) in [5.41, 5.74) is -0.0293. The second kappa shape index (κ2) is 9.29. The number of hydrogen-bond donors (Lipinski definition) is 0. The predicted molar refractivity (Wildman–Crippen MR) is 69.8 cm³/mol. The zero-order valence-electron chi connectivity index (χ0n) is 11.1. The Morgan fingerprint density at radius 3 is 2.25 bits per heavy atom. The van der Waals surface area contributed by atoms with Gasteiger partial charge in [0.15, 0.2) is 0 Å². The highest BCUT2D eigenvalue weighted by Crippen LogP contribution is 2.31. The predicted octanol–water partition coefficient (Wildman–Crippen LogP) is 4.68. The van der Waals surface area contributed by atoms with Gasteiger partial charge in [-0.1, -0.05) is 46.0 Å². The van der Waals surface area contributed by atoms with Crippen LogP contribution in [0.15, 0.2) is 0 Å². The number of hydrogen-bond acceptors (Lipinski definition) is 1. The minimum atomic E-state index is -0.0293. The zero-order valence-corrected chi connectivity index (χ0v) is 11.1. The summed E-state index contributed by atoms with van der Waals surface area (Å²) in [6, 6.07) is 2.31. The first-order valence-corrected chi connectivity index (χ1v) is 6.61. The molecule has 0 aromatic rings. The van der Waals surface area contributed by atoms with E-state index in [0.717, 1.165) is 19.3 Å². The van der Waals surface area contributed by atoms with E-state index in [0.29, 0.717) is 6.42 Å². The van der Waals surface area contributed by atoms with E-state index in [1.807, 2.05) is 0 Å². The second-order valence-electron chi connectivity index (χ2n) is 4.48. The topological polar surface area (TPSA) is 23.8 Å². The Kier molecular flexibility index (Phi) is 8.74. The van der Waals surface area contributed by atoms with Gasteiger partial charge in [-0.2, -0.15) is 5.26 Å². The van der Waals surface area contributed by atoms with Gasteiger partial charge in [0.25, 0.3) is 0 Å². The highest BCUT2D eigenvalue weighted by Gasteiger charge is 2.24. The zero-order chi connectivity index (χ0) is 12.3. The van der Waals surface area contributed by atoms with Crippen LogP contribution in [0.25, 0.3) is 0 Å². The van der Waals surface area contributed by atoms with Gasteiger partial charge in [0, 0.05) is 11.8 Å². The van der Waals surface area contributed by atoms with Crippen LogP contribution in [-0.2, 0) is 0 Å². The van der Waals surface area contributed by atoms with Crippen molar-refractivity contribution in [2.75, 3.05) is 0 Å². The molecule has 0 aliphatic carbocycles. The van der Waals surface area contributed by atoms with E-state index in [-0.39, 0.29) is 5.41 Å². The van der Waals surface area contributed by atoms with Crippen molar-refractivity contribution in [1.82, 2.24) is 0 Å². The quantitative estimate of drug-likeness (QED) is 0.450. The van der Waals surface area contributed by atoms with Crippen molar-refractivity contribution < 1.29 is 0 Å². The van der Waals surface area contributed by atoms with Crippen LogP contribution in [0.1, 0.15) is 72.1 Å². The molecule has 0 aliphatic rings. The number of nitriles is 1. The molecule has 1 atom stereocenters. The summed E-state index contributed by atoms with van der Waals surface area (Å²) < 4.78 is 0. The van der Waals surface area contributed by atoms with Crippen molar-refractivity contribution in [2.24, 2.45) is 5.41 Å². The lowest BCUT2D eigenvalue weighted by atomic mass is 9.78. The summed E-state index contributed by atoms with van der Waals surface area (Å²) in [4.78, 5) is 0. The van der Waals surface area contributed by atoms with Gasteiger partial charge < -0.3 is 0 Å². The van der Waals surface area contributed by atoms with E-state index in [1.165, 1.54) is 25.7 Å². The lowest BCUT2D eigenvalue weighted by Gasteiger charge is -2.23. The molecule has 0 saturated heterocycles. The summed E-state index contributed by atoms with van der Waals surface area (Å²) in [6.45, 7) is 6.53. The maximum atomic E-state index is 8.92. The van der Waals surface area contributed by atoms with Crippen molar-refractivity contribution in [3.8, 4) is 17.9 Å². The van der Waals surface area contributed by atoms with Crippen molar-refractivity contribution in [2.45, 2.75) is 72.1 Å². The molecule has 0 saturated carbocycles. The molecule has 0 rings (SSSR count). The average Bonchev–Trinajstić information content (AvgIpc) is 2.31. The molecule has 16 heavy (non-hydrogen) atoms. The number of unbranched alkanes of at least 4 members (excludes halogenated alkanes) is 3. The fraction of sp³-hybridized carbons (Fsp3) is 0.800. The molecule has 0 bridgehead atoms. The van der Waals surface area contributed by atoms with Crippen LogP contribution < -0.4 is 0 Å². The van der Waals surface area contributed by atoms with E-state index < -0.39 is 0 Å². The summed E-state index contributed by atoms with van der Waals surface area (Å²) >= 11 is 0. The molecule has 0 fully saturated rings. The molecule has 1 nitrogen and oxygen atoms in total. The first-order chi connectivity index (χ1) is 7.74. The molecule has 0 radical (unpaired) electrons. The molecule has 1 unspecified atom stereocenters. The molecule has 0 amide bonds. The second-order valence-corrected chi connectivity index (χ2v) is 4.48. The van der Waals surface area contributed by atoms with E-state index in [9.17, 15) is 0 Å². The Balaban J connectivity index is 4.47. The molecular weight excluding hydrogens is 194 g/mol. The molecule has 0 aliphatic heterocycles. The first-order valence-electron chi connectivity index (χ1n) is 6.61. The Bertz CT molecular complexity index is 263. The molecule has 0 N–H and O–H groups in total. The Labute approximate surface area is 101 Å². The van der Waals surface area contributed by atoms with Gasteiger partial charge in [-0.15, -0.1) is 5.92 Å². The third-order valence-electron chi connectivity index (χ3n) is 3.11. The first kappa shape index (κ1) is 15.0. The van der Waals surface area contributed by atoms with Crippen molar-refractivity contribution in [3.05, 3.63) is 0 Å². The number of rotatable bonds is 7. The van der Waals surface area contributed by atoms with Gasteiger partial charge in [-0.25, -0.2) is 0 Å².